The van der Waals surface area contributed by atoms with E-state index in [9.17, 15) is 9.90 Å². The highest BCUT2D eigenvalue weighted by atomic mass is 32.1. The maximum atomic E-state index is 11.4. The van der Waals surface area contributed by atoms with E-state index in [2.05, 4.69) is 23.9 Å². The van der Waals surface area contributed by atoms with E-state index in [0.717, 1.165) is 56.0 Å². The molecular weight excluding hydrogens is 286 g/mol. The molecule has 1 fully saturated rings. The highest BCUT2D eigenvalue weighted by Gasteiger charge is 2.31. The van der Waals surface area contributed by atoms with Gasteiger partial charge in [0.05, 0.1) is 5.69 Å². The minimum absolute atomic E-state index is 0.398. The Morgan fingerprint density at radius 1 is 1.38 bits per heavy atom. The Labute approximate surface area is 129 Å². The second kappa shape index (κ2) is 5.93. The molecule has 2 aliphatic rings. The van der Waals surface area contributed by atoms with Gasteiger partial charge in [0.15, 0.2) is 5.13 Å². The number of thiazole rings is 1. The van der Waals surface area contributed by atoms with E-state index in [1.807, 2.05) is 0 Å². The third kappa shape index (κ3) is 2.92. The molecule has 1 aliphatic carbocycles. The number of carbonyl (C=O) groups is 1. The van der Waals surface area contributed by atoms with Gasteiger partial charge in [-0.2, -0.15) is 0 Å². The number of likely N-dealkylation sites (tertiary alicyclic amines) is 1. The number of carboxylic acids is 1. The van der Waals surface area contributed by atoms with Crippen molar-refractivity contribution in [2.75, 3.05) is 32.1 Å². The van der Waals surface area contributed by atoms with Crippen molar-refractivity contribution in [1.82, 2.24) is 9.88 Å². The smallest absolute Gasteiger partial charge is 0.312 e. The number of hydrogen-bond donors (Lipinski definition) is 1. The summed E-state index contributed by atoms with van der Waals surface area (Å²) in [6.45, 7) is 2.25. The third-order valence-electron chi connectivity index (χ3n) is 4.78. The fourth-order valence-electron chi connectivity index (χ4n) is 3.34. The molecule has 0 amide bonds. The Kier molecular flexibility index (Phi) is 4.17. The highest BCUT2D eigenvalue weighted by Crippen LogP contribution is 2.38. The quantitative estimate of drug-likeness (QED) is 0.927. The molecule has 5 nitrogen and oxygen atoms in total. The predicted octanol–water partition coefficient (Wildman–Crippen LogP) is 2.18. The highest BCUT2D eigenvalue weighted by molar-refractivity contribution is 7.15. The van der Waals surface area contributed by atoms with Gasteiger partial charge in [-0.3, -0.25) is 4.79 Å². The summed E-state index contributed by atoms with van der Waals surface area (Å²) in [5.74, 6) is -1.13. The van der Waals surface area contributed by atoms with Crippen LogP contribution in [0.4, 0.5) is 5.13 Å². The Hall–Kier alpha value is -1.14. The van der Waals surface area contributed by atoms with Crippen molar-refractivity contribution < 1.29 is 9.90 Å². The molecule has 1 saturated heterocycles. The zero-order valence-corrected chi connectivity index (χ0v) is 13.5. The van der Waals surface area contributed by atoms with E-state index in [-0.39, 0.29) is 0 Å². The van der Waals surface area contributed by atoms with E-state index >= 15 is 0 Å². The van der Waals surface area contributed by atoms with Crippen LogP contribution < -0.4 is 4.90 Å². The maximum Gasteiger partial charge on any atom is 0.312 e. The maximum absolute atomic E-state index is 11.4. The van der Waals surface area contributed by atoms with Gasteiger partial charge in [0.2, 0.25) is 0 Å². The fourth-order valence-corrected chi connectivity index (χ4v) is 4.53. The monoisotopic (exact) mass is 309 g/mol. The predicted molar refractivity (Wildman–Crippen MR) is 84.4 cm³/mol. The van der Waals surface area contributed by atoms with Crippen LogP contribution in [0.25, 0.3) is 0 Å². The van der Waals surface area contributed by atoms with Crippen molar-refractivity contribution in [1.29, 1.82) is 0 Å². The van der Waals surface area contributed by atoms with Crippen molar-refractivity contribution in [3.05, 3.63) is 10.6 Å². The second-order valence-corrected chi connectivity index (χ2v) is 7.30. The summed E-state index contributed by atoms with van der Waals surface area (Å²) in [5, 5.41) is 10.4. The molecule has 0 radical (unpaired) electrons. The molecule has 21 heavy (non-hydrogen) atoms. The van der Waals surface area contributed by atoms with Gasteiger partial charge in [0.1, 0.15) is 5.92 Å². The van der Waals surface area contributed by atoms with Crippen LogP contribution in [0.2, 0.25) is 0 Å². The summed E-state index contributed by atoms with van der Waals surface area (Å²) in [4.78, 5) is 21.9. The van der Waals surface area contributed by atoms with Gasteiger partial charge in [-0.05, 0) is 52.2 Å². The normalized spacial score (nSPS) is 23.8. The van der Waals surface area contributed by atoms with Crippen LogP contribution in [0.1, 0.15) is 42.2 Å². The van der Waals surface area contributed by atoms with E-state index < -0.39 is 11.9 Å². The van der Waals surface area contributed by atoms with E-state index in [1.54, 1.807) is 11.3 Å². The van der Waals surface area contributed by atoms with Gasteiger partial charge in [-0.1, -0.05) is 0 Å². The number of rotatable bonds is 3. The molecule has 1 aromatic heterocycles. The van der Waals surface area contributed by atoms with Gasteiger partial charge in [0.25, 0.3) is 0 Å². The summed E-state index contributed by atoms with van der Waals surface area (Å²) in [6.07, 6.45) is 4.98. The summed E-state index contributed by atoms with van der Waals surface area (Å²) in [7, 11) is 4.27. The Balaban J connectivity index is 1.79. The first kappa shape index (κ1) is 14.8. The summed E-state index contributed by atoms with van der Waals surface area (Å²) in [6, 6.07) is 0.525. The fraction of sp³-hybridized carbons (Fsp3) is 0.733. The minimum Gasteiger partial charge on any atom is -0.481 e. The topological polar surface area (TPSA) is 56.7 Å². The molecule has 1 N–H and O–H groups in total. The zero-order chi connectivity index (χ0) is 15.0. The molecular formula is C15H23N3O2S. The van der Waals surface area contributed by atoms with Gasteiger partial charge in [0, 0.05) is 18.0 Å². The van der Waals surface area contributed by atoms with E-state index in [4.69, 9.17) is 4.98 Å². The first-order valence-electron chi connectivity index (χ1n) is 7.70. The van der Waals surface area contributed by atoms with Crippen LogP contribution in [0, 0.1) is 0 Å². The lowest BCUT2D eigenvalue weighted by molar-refractivity contribution is -0.139. The average Bonchev–Trinajstić information content (AvgIpc) is 2.90. The minimum atomic E-state index is -0.727. The van der Waals surface area contributed by atoms with Crippen LogP contribution in [0.15, 0.2) is 0 Å². The summed E-state index contributed by atoms with van der Waals surface area (Å²) >= 11 is 1.70. The molecule has 0 bridgehead atoms. The number of aromatic nitrogens is 1. The molecule has 2 heterocycles. The number of aliphatic carboxylic acids is 1. The molecule has 116 valence electrons. The Bertz CT molecular complexity index is 523. The van der Waals surface area contributed by atoms with Crippen molar-refractivity contribution in [3.63, 3.8) is 0 Å². The number of carboxylic acid groups (broad SMARTS) is 1. The van der Waals surface area contributed by atoms with E-state index in [0.29, 0.717) is 6.04 Å². The molecule has 3 rings (SSSR count). The van der Waals surface area contributed by atoms with Crippen molar-refractivity contribution >= 4 is 22.4 Å². The number of piperidine rings is 1. The average molecular weight is 309 g/mol. The van der Waals surface area contributed by atoms with Crippen LogP contribution >= 0.6 is 11.3 Å². The molecule has 1 atom stereocenters. The molecule has 0 aromatic carbocycles. The molecule has 1 aliphatic heterocycles. The molecule has 1 aromatic rings. The molecule has 6 heteroatoms. The van der Waals surface area contributed by atoms with Crippen LogP contribution in [-0.2, 0) is 11.2 Å². The third-order valence-corrected chi connectivity index (χ3v) is 6.00. The number of nitrogens with zero attached hydrogens (tertiary/aromatic N) is 3. The molecule has 0 spiro atoms. The molecule has 1 unspecified atom stereocenters. The number of fused-ring (bicyclic) bond motifs is 1. The van der Waals surface area contributed by atoms with Crippen molar-refractivity contribution in [3.8, 4) is 0 Å². The van der Waals surface area contributed by atoms with Gasteiger partial charge in [-0.15, -0.1) is 11.3 Å². The zero-order valence-electron chi connectivity index (χ0n) is 12.7. The summed E-state index contributed by atoms with van der Waals surface area (Å²) < 4.78 is 0. The largest absolute Gasteiger partial charge is 0.481 e. The lowest BCUT2D eigenvalue weighted by atomic mass is 9.91. The van der Waals surface area contributed by atoms with Crippen molar-refractivity contribution in [2.24, 2.45) is 0 Å². The van der Waals surface area contributed by atoms with Crippen LogP contribution in [-0.4, -0.2) is 54.2 Å². The SMILES string of the molecule is CN1CCC(N(C)c2nc3c(s2)CCCC3C(=O)O)CC1. The van der Waals surface area contributed by atoms with Gasteiger partial charge < -0.3 is 14.9 Å². The van der Waals surface area contributed by atoms with Gasteiger partial charge in [-0.25, -0.2) is 4.98 Å². The first-order chi connectivity index (χ1) is 10.1. The Morgan fingerprint density at radius 3 is 2.76 bits per heavy atom. The lowest BCUT2D eigenvalue weighted by Crippen LogP contribution is -2.42. The standard InChI is InChI=1S/C15H23N3O2S/c1-17-8-6-10(7-9-17)18(2)15-16-13-11(14(19)20)4-3-5-12(13)21-15/h10-11H,3-9H2,1-2H3,(H,19,20). The number of aryl methyl sites for hydroxylation is 1. The number of anilines is 1. The van der Waals surface area contributed by atoms with Gasteiger partial charge >= 0.3 is 5.97 Å². The Morgan fingerprint density at radius 2 is 2.10 bits per heavy atom. The van der Waals surface area contributed by atoms with E-state index in [1.165, 1.54) is 4.88 Å². The number of hydrogen-bond acceptors (Lipinski definition) is 5. The van der Waals surface area contributed by atoms with Crippen molar-refractivity contribution in [2.45, 2.75) is 44.1 Å². The first-order valence-corrected chi connectivity index (χ1v) is 8.51. The van der Waals surface area contributed by atoms with Crippen LogP contribution in [0.5, 0.6) is 0 Å². The van der Waals surface area contributed by atoms with Crippen LogP contribution in [0.3, 0.4) is 0 Å². The summed E-state index contributed by atoms with van der Waals surface area (Å²) in [5.41, 5.74) is 0.827. The molecule has 0 saturated carbocycles. The lowest BCUT2D eigenvalue weighted by Gasteiger charge is -2.34. The second-order valence-electron chi connectivity index (χ2n) is 6.23.